The van der Waals surface area contributed by atoms with Crippen LogP contribution in [0, 0.1) is 10.1 Å². The van der Waals surface area contributed by atoms with E-state index >= 15 is 0 Å². The lowest BCUT2D eigenvalue weighted by molar-refractivity contribution is -0.387. The van der Waals surface area contributed by atoms with Gasteiger partial charge in [-0.25, -0.2) is 8.42 Å². The number of amides is 1. The van der Waals surface area contributed by atoms with Gasteiger partial charge in [-0.05, 0) is 30.3 Å². The van der Waals surface area contributed by atoms with Gasteiger partial charge >= 0.3 is 0 Å². The zero-order valence-electron chi connectivity index (χ0n) is 12.6. The van der Waals surface area contributed by atoms with E-state index in [1.54, 1.807) is 24.3 Å². The topological polar surface area (TPSA) is 116 Å². The van der Waals surface area contributed by atoms with Gasteiger partial charge in [0.2, 0.25) is 5.91 Å². The summed E-state index contributed by atoms with van der Waals surface area (Å²) in [5.74, 6) is -1.11. The SMILES string of the molecule is COc1ccc(NC(=O)CS(=O)(=O)c2ccccc2[N+](=O)[O-])cc1. The van der Waals surface area contributed by atoms with Gasteiger partial charge in [0.15, 0.2) is 9.84 Å². The normalized spacial score (nSPS) is 10.9. The van der Waals surface area contributed by atoms with Crippen molar-refractivity contribution in [3.63, 3.8) is 0 Å². The lowest BCUT2D eigenvalue weighted by Gasteiger charge is -2.07. The second-order valence-electron chi connectivity index (χ2n) is 4.76. The fourth-order valence-electron chi connectivity index (χ4n) is 1.99. The quantitative estimate of drug-likeness (QED) is 0.629. The van der Waals surface area contributed by atoms with Crippen LogP contribution in [0.1, 0.15) is 0 Å². The van der Waals surface area contributed by atoms with Gasteiger partial charge in [-0.3, -0.25) is 14.9 Å². The predicted molar refractivity (Wildman–Crippen MR) is 86.8 cm³/mol. The third-order valence-corrected chi connectivity index (χ3v) is 4.75. The number of rotatable bonds is 6. The lowest BCUT2D eigenvalue weighted by atomic mass is 10.3. The van der Waals surface area contributed by atoms with Crippen molar-refractivity contribution < 1.29 is 22.9 Å². The largest absolute Gasteiger partial charge is 0.497 e. The molecule has 0 radical (unpaired) electrons. The highest BCUT2D eigenvalue weighted by molar-refractivity contribution is 7.92. The molecule has 0 saturated heterocycles. The van der Waals surface area contributed by atoms with Gasteiger partial charge < -0.3 is 10.1 Å². The summed E-state index contributed by atoms with van der Waals surface area (Å²) in [5.41, 5.74) is -0.173. The number of nitro benzene ring substituents is 1. The molecule has 0 aliphatic heterocycles. The van der Waals surface area contributed by atoms with Crippen molar-refractivity contribution in [2.24, 2.45) is 0 Å². The summed E-state index contributed by atoms with van der Waals surface area (Å²) in [6.45, 7) is 0. The van der Waals surface area contributed by atoms with Crippen LogP contribution < -0.4 is 10.1 Å². The molecule has 0 bridgehead atoms. The van der Waals surface area contributed by atoms with E-state index < -0.39 is 37.0 Å². The molecule has 0 aliphatic carbocycles. The highest BCUT2D eigenvalue weighted by Crippen LogP contribution is 2.24. The van der Waals surface area contributed by atoms with Gasteiger partial charge in [0, 0.05) is 11.8 Å². The summed E-state index contributed by atoms with van der Waals surface area (Å²) in [6.07, 6.45) is 0. The molecule has 2 aromatic rings. The van der Waals surface area contributed by atoms with Crippen LogP contribution in [0.25, 0.3) is 0 Å². The number of carbonyl (C=O) groups excluding carboxylic acids is 1. The maximum Gasteiger partial charge on any atom is 0.287 e. The number of sulfone groups is 1. The Morgan fingerprint density at radius 3 is 2.38 bits per heavy atom. The number of hydrogen-bond acceptors (Lipinski definition) is 6. The zero-order chi connectivity index (χ0) is 17.7. The minimum Gasteiger partial charge on any atom is -0.497 e. The first kappa shape index (κ1) is 17.4. The second kappa shape index (κ2) is 7.09. The molecule has 24 heavy (non-hydrogen) atoms. The number of carbonyl (C=O) groups is 1. The molecule has 8 nitrogen and oxygen atoms in total. The number of ether oxygens (including phenoxy) is 1. The molecule has 0 aliphatic rings. The summed E-state index contributed by atoms with van der Waals surface area (Å²) in [6, 6.07) is 11.2. The predicted octanol–water partition coefficient (Wildman–Crippen LogP) is 2.02. The van der Waals surface area contributed by atoms with E-state index in [1.165, 1.54) is 19.2 Å². The summed E-state index contributed by atoms with van der Waals surface area (Å²) >= 11 is 0. The Labute approximate surface area is 138 Å². The highest BCUT2D eigenvalue weighted by Gasteiger charge is 2.27. The molecule has 0 fully saturated rings. The molecule has 2 rings (SSSR count). The molecule has 9 heteroatoms. The monoisotopic (exact) mass is 350 g/mol. The number of hydrogen-bond donors (Lipinski definition) is 1. The van der Waals surface area contributed by atoms with Crippen molar-refractivity contribution >= 4 is 27.1 Å². The fraction of sp³-hybridized carbons (Fsp3) is 0.133. The Bertz CT molecular complexity index is 862. The van der Waals surface area contributed by atoms with E-state index in [1.807, 2.05) is 0 Å². The van der Waals surface area contributed by atoms with Crippen LogP contribution in [0.3, 0.4) is 0 Å². The minimum absolute atomic E-state index is 0.388. The van der Waals surface area contributed by atoms with Crippen molar-refractivity contribution in [3.05, 3.63) is 58.6 Å². The van der Waals surface area contributed by atoms with Gasteiger partial charge in [0.25, 0.3) is 5.69 Å². The molecule has 0 heterocycles. The first-order chi connectivity index (χ1) is 11.3. The maximum absolute atomic E-state index is 12.3. The fourth-order valence-corrected chi connectivity index (χ4v) is 3.31. The molecule has 0 atom stereocenters. The van der Waals surface area contributed by atoms with Crippen LogP contribution in [0.15, 0.2) is 53.4 Å². The number of nitro groups is 1. The average Bonchev–Trinajstić information content (AvgIpc) is 2.55. The van der Waals surface area contributed by atoms with Gasteiger partial charge in [0.05, 0.1) is 12.0 Å². The van der Waals surface area contributed by atoms with Crippen molar-refractivity contribution in [1.82, 2.24) is 0 Å². The number of para-hydroxylation sites is 1. The van der Waals surface area contributed by atoms with E-state index in [9.17, 15) is 23.3 Å². The van der Waals surface area contributed by atoms with Crippen LogP contribution >= 0.6 is 0 Å². The number of methoxy groups -OCH3 is 1. The van der Waals surface area contributed by atoms with Gasteiger partial charge in [-0.2, -0.15) is 0 Å². The Hall–Kier alpha value is -2.94. The molecule has 126 valence electrons. The smallest absolute Gasteiger partial charge is 0.287 e. The average molecular weight is 350 g/mol. The number of anilines is 1. The van der Waals surface area contributed by atoms with E-state index in [0.717, 1.165) is 12.1 Å². The number of nitrogens with zero attached hydrogens (tertiary/aromatic N) is 1. The van der Waals surface area contributed by atoms with E-state index in [0.29, 0.717) is 11.4 Å². The van der Waals surface area contributed by atoms with Crippen LogP contribution in [-0.2, 0) is 14.6 Å². The standard InChI is InChI=1S/C15H14N2O6S/c1-23-12-8-6-11(7-9-12)16-15(18)10-24(21,22)14-5-3-2-4-13(14)17(19)20/h2-9H,10H2,1H3,(H,16,18). The van der Waals surface area contributed by atoms with Crippen LogP contribution in [0.2, 0.25) is 0 Å². The third-order valence-electron chi connectivity index (χ3n) is 3.09. The Balaban J connectivity index is 2.16. The first-order valence-corrected chi connectivity index (χ1v) is 8.39. The summed E-state index contributed by atoms with van der Waals surface area (Å²) in [7, 11) is -2.65. The van der Waals surface area contributed by atoms with E-state index in [-0.39, 0.29) is 0 Å². The van der Waals surface area contributed by atoms with Gasteiger partial charge in [-0.15, -0.1) is 0 Å². The molecular weight excluding hydrogens is 336 g/mol. The molecule has 1 N–H and O–H groups in total. The van der Waals surface area contributed by atoms with Crippen molar-refractivity contribution in [2.45, 2.75) is 4.90 Å². The molecular formula is C15H14N2O6S. The Morgan fingerprint density at radius 2 is 1.79 bits per heavy atom. The van der Waals surface area contributed by atoms with Crippen molar-refractivity contribution in [3.8, 4) is 5.75 Å². The second-order valence-corrected chi connectivity index (χ2v) is 6.72. The lowest BCUT2D eigenvalue weighted by Crippen LogP contribution is -2.23. The zero-order valence-corrected chi connectivity index (χ0v) is 13.4. The molecule has 0 unspecified atom stereocenters. The summed E-state index contributed by atoms with van der Waals surface area (Å²) < 4.78 is 29.5. The van der Waals surface area contributed by atoms with Crippen LogP contribution in [0.5, 0.6) is 5.75 Å². The summed E-state index contributed by atoms with van der Waals surface area (Å²) in [4.78, 5) is 21.6. The molecule has 2 aromatic carbocycles. The number of nitrogens with one attached hydrogen (secondary N) is 1. The Kier molecular flexibility index (Phi) is 5.14. The van der Waals surface area contributed by atoms with Crippen LogP contribution in [0.4, 0.5) is 11.4 Å². The van der Waals surface area contributed by atoms with Gasteiger partial charge in [-0.1, -0.05) is 12.1 Å². The molecule has 0 saturated carbocycles. The van der Waals surface area contributed by atoms with E-state index in [4.69, 9.17) is 4.74 Å². The third kappa shape index (κ3) is 4.07. The first-order valence-electron chi connectivity index (χ1n) is 6.73. The number of benzene rings is 2. The minimum atomic E-state index is -4.15. The maximum atomic E-state index is 12.3. The molecule has 1 amide bonds. The van der Waals surface area contributed by atoms with Crippen molar-refractivity contribution in [1.29, 1.82) is 0 Å². The van der Waals surface area contributed by atoms with Crippen LogP contribution in [-0.4, -0.2) is 32.1 Å². The molecule has 0 spiro atoms. The molecule has 0 aromatic heterocycles. The Morgan fingerprint density at radius 1 is 1.17 bits per heavy atom. The van der Waals surface area contributed by atoms with Crippen molar-refractivity contribution in [2.75, 3.05) is 18.2 Å². The highest BCUT2D eigenvalue weighted by atomic mass is 32.2. The van der Waals surface area contributed by atoms with Gasteiger partial charge in [0.1, 0.15) is 16.4 Å². The van der Waals surface area contributed by atoms with E-state index in [2.05, 4.69) is 5.32 Å². The summed E-state index contributed by atoms with van der Waals surface area (Å²) in [5, 5.41) is 13.4.